The highest BCUT2D eigenvalue weighted by atomic mass is 35.5. The summed E-state index contributed by atoms with van der Waals surface area (Å²) in [7, 11) is 0. The van der Waals surface area contributed by atoms with E-state index < -0.39 is 5.97 Å². The summed E-state index contributed by atoms with van der Waals surface area (Å²) in [6.07, 6.45) is 0. The third-order valence-corrected chi connectivity index (χ3v) is 4.66. The molecule has 80 valence electrons. The maximum Gasteiger partial charge on any atom is 0.308 e. The summed E-state index contributed by atoms with van der Waals surface area (Å²) in [6, 6.07) is 5.29. The minimum Gasteiger partial charge on any atom is -0.481 e. The second-order valence-corrected chi connectivity index (χ2v) is 5.36. The quantitative estimate of drug-likeness (QED) is 0.887. The zero-order valence-corrected chi connectivity index (χ0v) is 9.94. The summed E-state index contributed by atoms with van der Waals surface area (Å²) in [6.45, 7) is 0. The molecule has 1 aliphatic rings. The van der Waals surface area contributed by atoms with Crippen LogP contribution < -0.4 is 0 Å². The van der Waals surface area contributed by atoms with E-state index in [4.69, 9.17) is 28.3 Å². The Morgan fingerprint density at radius 1 is 1.40 bits per heavy atom. The van der Waals surface area contributed by atoms with Crippen LogP contribution in [0.1, 0.15) is 10.8 Å². The molecule has 2 atom stereocenters. The van der Waals surface area contributed by atoms with Gasteiger partial charge in [0.15, 0.2) is 0 Å². The van der Waals surface area contributed by atoms with Crippen molar-refractivity contribution < 1.29 is 9.90 Å². The first kappa shape index (κ1) is 11.1. The number of halogens is 2. The Morgan fingerprint density at radius 3 is 2.60 bits per heavy atom. The van der Waals surface area contributed by atoms with Crippen LogP contribution in [-0.4, -0.2) is 16.8 Å². The van der Waals surface area contributed by atoms with Crippen LogP contribution >= 0.6 is 35.0 Å². The van der Waals surface area contributed by atoms with Gasteiger partial charge in [0.05, 0.1) is 16.0 Å². The Balaban J connectivity index is 2.23. The molecule has 1 aliphatic heterocycles. The molecule has 1 fully saturated rings. The van der Waals surface area contributed by atoms with E-state index in [1.165, 1.54) is 0 Å². The summed E-state index contributed by atoms with van der Waals surface area (Å²) < 4.78 is 0. The molecule has 0 amide bonds. The molecule has 2 unspecified atom stereocenters. The minimum absolute atomic E-state index is 0.0114. The van der Waals surface area contributed by atoms with Crippen molar-refractivity contribution in [2.75, 3.05) is 5.75 Å². The molecule has 1 N–H and O–H groups in total. The van der Waals surface area contributed by atoms with Crippen molar-refractivity contribution in [3.63, 3.8) is 0 Å². The molecule has 0 aliphatic carbocycles. The van der Waals surface area contributed by atoms with E-state index in [1.54, 1.807) is 23.9 Å². The molecule has 15 heavy (non-hydrogen) atoms. The monoisotopic (exact) mass is 262 g/mol. The number of thioether (sulfide) groups is 1. The van der Waals surface area contributed by atoms with Crippen LogP contribution in [0.5, 0.6) is 0 Å². The molecular weight excluding hydrogens is 255 g/mol. The third-order valence-electron chi connectivity index (χ3n) is 2.41. The van der Waals surface area contributed by atoms with Crippen LogP contribution in [0.4, 0.5) is 0 Å². The van der Waals surface area contributed by atoms with Gasteiger partial charge in [0.1, 0.15) is 0 Å². The standard InChI is InChI=1S/C10H8Cl2O2S/c11-7-2-1-5(3-8(7)12)9-6(4-15-9)10(13)14/h1-3,6,9H,4H2,(H,13,14). The lowest BCUT2D eigenvalue weighted by Crippen LogP contribution is -2.30. The summed E-state index contributed by atoms with van der Waals surface area (Å²) in [4.78, 5) is 10.8. The van der Waals surface area contributed by atoms with Gasteiger partial charge in [0, 0.05) is 11.0 Å². The van der Waals surface area contributed by atoms with Crippen LogP contribution in [0.15, 0.2) is 18.2 Å². The summed E-state index contributed by atoms with van der Waals surface area (Å²) in [5.74, 6) is -0.377. The fraction of sp³-hybridized carbons (Fsp3) is 0.300. The highest BCUT2D eigenvalue weighted by Gasteiger charge is 2.38. The number of aliphatic carboxylic acids is 1. The van der Waals surface area contributed by atoms with E-state index in [0.29, 0.717) is 15.8 Å². The molecule has 2 rings (SSSR count). The van der Waals surface area contributed by atoms with Crippen molar-refractivity contribution in [1.82, 2.24) is 0 Å². The van der Waals surface area contributed by atoms with Crippen molar-refractivity contribution >= 4 is 40.9 Å². The Kier molecular flexibility index (Phi) is 3.14. The maximum absolute atomic E-state index is 10.8. The number of carboxylic acid groups (broad SMARTS) is 1. The fourth-order valence-electron chi connectivity index (χ4n) is 1.51. The van der Waals surface area contributed by atoms with Gasteiger partial charge in [-0.05, 0) is 17.7 Å². The van der Waals surface area contributed by atoms with Crippen LogP contribution in [0.25, 0.3) is 0 Å². The van der Waals surface area contributed by atoms with E-state index in [9.17, 15) is 4.79 Å². The first-order valence-electron chi connectivity index (χ1n) is 4.39. The predicted molar refractivity (Wildman–Crippen MR) is 62.8 cm³/mol. The first-order chi connectivity index (χ1) is 7.09. The first-order valence-corrected chi connectivity index (χ1v) is 6.19. The van der Waals surface area contributed by atoms with Gasteiger partial charge in [0.25, 0.3) is 0 Å². The van der Waals surface area contributed by atoms with Gasteiger partial charge in [-0.1, -0.05) is 29.3 Å². The third kappa shape index (κ3) is 2.10. The number of carbonyl (C=O) groups is 1. The van der Waals surface area contributed by atoms with Crippen molar-refractivity contribution in [1.29, 1.82) is 0 Å². The van der Waals surface area contributed by atoms with E-state index >= 15 is 0 Å². The molecule has 0 bridgehead atoms. The van der Waals surface area contributed by atoms with Gasteiger partial charge in [-0.3, -0.25) is 4.79 Å². The second-order valence-electron chi connectivity index (χ2n) is 3.37. The second kappa shape index (κ2) is 4.24. The molecule has 1 aromatic rings. The van der Waals surface area contributed by atoms with Crippen molar-refractivity contribution in [3.8, 4) is 0 Å². The number of benzene rings is 1. The van der Waals surface area contributed by atoms with Gasteiger partial charge in [-0.15, -0.1) is 0 Å². The summed E-state index contributed by atoms with van der Waals surface area (Å²) in [5, 5.41) is 9.90. The van der Waals surface area contributed by atoms with Crippen molar-refractivity contribution in [2.24, 2.45) is 5.92 Å². The lowest BCUT2D eigenvalue weighted by Gasteiger charge is -2.33. The zero-order valence-electron chi connectivity index (χ0n) is 7.61. The van der Waals surface area contributed by atoms with Crippen molar-refractivity contribution in [3.05, 3.63) is 33.8 Å². The number of carboxylic acids is 1. The van der Waals surface area contributed by atoms with Gasteiger partial charge >= 0.3 is 5.97 Å². The predicted octanol–water partition coefficient (Wildman–Crippen LogP) is 3.48. The molecule has 0 saturated carbocycles. The highest BCUT2D eigenvalue weighted by molar-refractivity contribution is 8.01. The molecule has 5 heteroatoms. The lowest BCUT2D eigenvalue weighted by molar-refractivity contribution is -0.141. The van der Waals surface area contributed by atoms with Gasteiger partial charge in [-0.25, -0.2) is 0 Å². The topological polar surface area (TPSA) is 37.3 Å². The summed E-state index contributed by atoms with van der Waals surface area (Å²) in [5.41, 5.74) is 0.938. The van der Waals surface area contributed by atoms with Crippen LogP contribution in [0, 0.1) is 5.92 Å². The van der Waals surface area contributed by atoms with Gasteiger partial charge < -0.3 is 5.11 Å². The molecule has 1 aromatic carbocycles. The Labute approximate surface area is 102 Å². The Bertz CT molecular complexity index is 408. The number of rotatable bonds is 2. The van der Waals surface area contributed by atoms with E-state index in [0.717, 1.165) is 5.56 Å². The maximum atomic E-state index is 10.8. The minimum atomic E-state index is -0.746. The zero-order chi connectivity index (χ0) is 11.0. The number of hydrogen-bond donors (Lipinski definition) is 1. The van der Waals surface area contributed by atoms with E-state index in [1.807, 2.05) is 6.07 Å². The smallest absolute Gasteiger partial charge is 0.308 e. The molecule has 1 saturated heterocycles. The molecular formula is C10H8Cl2O2S. The normalized spacial score (nSPS) is 24.7. The van der Waals surface area contributed by atoms with Crippen LogP contribution in [0.2, 0.25) is 10.0 Å². The number of hydrogen-bond acceptors (Lipinski definition) is 2. The van der Waals surface area contributed by atoms with Crippen molar-refractivity contribution in [2.45, 2.75) is 5.25 Å². The SMILES string of the molecule is O=C(O)C1CSC1c1ccc(Cl)c(Cl)c1. The molecule has 2 nitrogen and oxygen atoms in total. The van der Waals surface area contributed by atoms with Crippen LogP contribution in [0.3, 0.4) is 0 Å². The van der Waals surface area contributed by atoms with E-state index in [2.05, 4.69) is 0 Å². The largest absolute Gasteiger partial charge is 0.481 e. The molecule has 0 spiro atoms. The Morgan fingerprint density at radius 2 is 2.13 bits per heavy atom. The average Bonchev–Trinajstić information content (AvgIpc) is 2.08. The van der Waals surface area contributed by atoms with E-state index in [-0.39, 0.29) is 11.2 Å². The summed E-state index contributed by atoms with van der Waals surface area (Å²) >= 11 is 13.3. The molecule has 0 aromatic heterocycles. The highest BCUT2D eigenvalue weighted by Crippen LogP contribution is 2.48. The fourth-order valence-corrected chi connectivity index (χ4v) is 2.99. The van der Waals surface area contributed by atoms with Gasteiger partial charge in [0.2, 0.25) is 0 Å². The lowest BCUT2D eigenvalue weighted by atomic mass is 9.99. The Hall–Kier alpha value is -0.380. The average molecular weight is 263 g/mol. The molecule has 0 radical (unpaired) electrons. The van der Waals surface area contributed by atoms with Crippen LogP contribution in [-0.2, 0) is 4.79 Å². The van der Waals surface area contributed by atoms with Gasteiger partial charge in [-0.2, -0.15) is 11.8 Å². The molecule has 1 heterocycles.